The number of carbonyl (C=O) groups is 1. The molecule has 4 nitrogen and oxygen atoms in total. The molecule has 1 N–H and O–H groups in total. The van der Waals surface area contributed by atoms with Crippen LogP contribution in [0, 0.1) is 0 Å². The molecule has 1 aliphatic rings. The molecule has 1 aliphatic carbocycles. The predicted octanol–water partition coefficient (Wildman–Crippen LogP) is 5.26. The van der Waals surface area contributed by atoms with Crippen LogP contribution in [0.1, 0.15) is 62.6 Å². The summed E-state index contributed by atoms with van der Waals surface area (Å²) in [6.07, 6.45) is 7.70. The molecule has 3 rings (SSSR count). The number of rotatable bonds is 11. The number of benzene rings is 2. The number of fused-ring (bicyclic) bond motifs is 1. The fraction of sp³-hybridized carbons (Fsp3) is 0.500. The number of carbonyl (C=O) groups excluding carboxylic acids is 1. The second kappa shape index (κ2) is 11.6. The molecule has 1 atom stereocenters. The van der Waals surface area contributed by atoms with Gasteiger partial charge in [-0.1, -0.05) is 38.1 Å². The number of nitrogens with one attached hydrogen (secondary N) is 1. The topological polar surface area (TPSA) is 47.6 Å². The van der Waals surface area contributed by atoms with Crippen molar-refractivity contribution in [3.8, 4) is 11.5 Å². The van der Waals surface area contributed by atoms with Crippen LogP contribution in [0.4, 0.5) is 0 Å². The van der Waals surface area contributed by atoms with Gasteiger partial charge in [-0.25, -0.2) is 0 Å². The molecule has 0 fully saturated rings. The Hall–Kier alpha value is -2.49. The van der Waals surface area contributed by atoms with Crippen molar-refractivity contribution in [1.29, 1.82) is 0 Å². The smallest absolute Gasteiger partial charge is 0.261 e. The molecule has 1 amide bonds. The second-order valence-electron chi connectivity index (χ2n) is 8.00. The molecule has 0 radical (unpaired) electrons. The summed E-state index contributed by atoms with van der Waals surface area (Å²) < 4.78 is 11.9. The van der Waals surface area contributed by atoms with E-state index in [1.54, 1.807) is 0 Å². The van der Waals surface area contributed by atoms with Crippen molar-refractivity contribution in [3.05, 3.63) is 59.2 Å². The minimum absolute atomic E-state index is 0.0364. The first-order valence-electron chi connectivity index (χ1n) is 11.5. The highest BCUT2D eigenvalue weighted by atomic mass is 16.5. The van der Waals surface area contributed by atoms with Gasteiger partial charge < -0.3 is 14.8 Å². The SMILES string of the molecule is CCCOc1ccccc1CCCNC(=O)[C@@H](CC)Oc1ccc2c(c1)CCCC2. The number of ether oxygens (including phenoxy) is 2. The Morgan fingerprint density at radius 1 is 1.07 bits per heavy atom. The predicted molar refractivity (Wildman–Crippen MR) is 121 cm³/mol. The Bertz CT molecular complexity index is 818. The van der Waals surface area contributed by atoms with Crippen molar-refractivity contribution in [3.63, 3.8) is 0 Å². The monoisotopic (exact) mass is 409 g/mol. The zero-order chi connectivity index (χ0) is 21.2. The van der Waals surface area contributed by atoms with E-state index in [-0.39, 0.29) is 5.91 Å². The van der Waals surface area contributed by atoms with E-state index in [1.807, 2.05) is 31.2 Å². The molecule has 2 aromatic carbocycles. The van der Waals surface area contributed by atoms with Crippen molar-refractivity contribution in [2.45, 2.75) is 71.3 Å². The van der Waals surface area contributed by atoms with Crippen molar-refractivity contribution < 1.29 is 14.3 Å². The fourth-order valence-corrected chi connectivity index (χ4v) is 3.94. The van der Waals surface area contributed by atoms with Gasteiger partial charge in [0.15, 0.2) is 6.10 Å². The lowest BCUT2D eigenvalue weighted by atomic mass is 9.92. The van der Waals surface area contributed by atoms with E-state index in [9.17, 15) is 4.79 Å². The van der Waals surface area contributed by atoms with Crippen molar-refractivity contribution in [2.24, 2.45) is 0 Å². The largest absolute Gasteiger partial charge is 0.493 e. The van der Waals surface area contributed by atoms with E-state index in [1.165, 1.54) is 29.5 Å². The molecule has 0 saturated heterocycles. The highest BCUT2D eigenvalue weighted by Crippen LogP contribution is 2.26. The highest BCUT2D eigenvalue weighted by molar-refractivity contribution is 5.81. The van der Waals surface area contributed by atoms with E-state index < -0.39 is 6.10 Å². The van der Waals surface area contributed by atoms with Gasteiger partial charge >= 0.3 is 0 Å². The summed E-state index contributed by atoms with van der Waals surface area (Å²) in [5.74, 6) is 1.72. The van der Waals surface area contributed by atoms with Gasteiger partial charge in [-0.05, 0) is 86.3 Å². The molecule has 0 aromatic heterocycles. The van der Waals surface area contributed by atoms with Crippen LogP contribution >= 0.6 is 0 Å². The molecule has 4 heteroatoms. The van der Waals surface area contributed by atoms with E-state index in [4.69, 9.17) is 9.47 Å². The first kappa shape index (κ1) is 22.2. The van der Waals surface area contributed by atoms with E-state index in [0.717, 1.165) is 50.2 Å². The van der Waals surface area contributed by atoms with Crippen LogP contribution in [0.15, 0.2) is 42.5 Å². The van der Waals surface area contributed by atoms with Crippen LogP contribution in [0.5, 0.6) is 11.5 Å². The van der Waals surface area contributed by atoms with Gasteiger partial charge in [0.1, 0.15) is 11.5 Å². The first-order chi connectivity index (χ1) is 14.7. The lowest BCUT2D eigenvalue weighted by Gasteiger charge is -2.20. The summed E-state index contributed by atoms with van der Waals surface area (Å²) >= 11 is 0. The Kier molecular flexibility index (Phi) is 8.61. The lowest BCUT2D eigenvalue weighted by molar-refractivity contribution is -0.128. The summed E-state index contributed by atoms with van der Waals surface area (Å²) in [7, 11) is 0. The van der Waals surface area contributed by atoms with Crippen LogP contribution < -0.4 is 14.8 Å². The third-order valence-corrected chi connectivity index (χ3v) is 5.62. The van der Waals surface area contributed by atoms with E-state index in [2.05, 4.69) is 30.4 Å². The van der Waals surface area contributed by atoms with Gasteiger partial charge in [0.25, 0.3) is 5.91 Å². The first-order valence-corrected chi connectivity index (χ1v) is 11.5. The lowest BCUT2D eigenvalue weighted by Crippen LogP contribution is -2.38. The molecule has 0 spiro atoms. The van der Waals surface area contributed by atoms with Crippen molar-refractivity contribution in [1.82, 2.24) is 5.32 Å². The standard InChI is InChI=1S/C26H35NO3/c1-3-18-29-25-14-8-7-11-21(25)13-9-17-27-26(28)24(4-2)30-23-16-15-20-10-5-6-12-22(20)19-23/h7-8,11,14-16,19,24H,3-6,9-10,12-13,17-18H2,1-2H3,(H,27,28)/t24-/m1/s1. The minimum Gasteiger partial charge on any atom is -0.493 e. The van der Waals surface area contributed by atoms with Gasteiger partial charge in [0.2, 0.25) is 0 Å². The molecular weight excluding hydrogens is 374 g/mol. The highest BCUT2D eigenvalue weighted by Gasteiger charge is 2.19. The Balaban J connectivity index is 1.47. The molecule has 0 bridgehead atoms. The van der Waals surface area contributed by atoms with Gasteiger partial charge in [0, 0.05) is 6.54 Å². The van der Waals surface area contributed by atoms with Gasteiger partial charge in [0.05, 0.1) is 6.61 Å². The molecular formula is C26H35NO3. The number of amides is 1. The van der Waals surface area contributed by atoms with Crippen molar-refractivity contribution >= 4 is 5.91 Å². The zero-order valence-electron chi connectivity index (χ0n) is 18.4. The van der Waals surface area contributed by atoms with Crippen LogP contribution in [0.3, 0.4) is 0 Å². The zero-order valence-corrected chi connectivity index (χ0v) is 18.4. The number of aryl methyl sites for hydroxylation is 3. The third kappa shape index (κ3) is 6.25. The Morgan fingerprint density at radius 2 is 1.87 bits per heavy atom. The number of hydrogen-bond donors (Lipinski definition) is 1. The molecule has 0 aliphatic heterocycles. The fourth-order valence-electron chi connectivity index (χ4n) is 3.94. The van der Waals surface area contributed by atoms with Crippen molar-refractivity contribution in [2.75, 3.05) is 13.2 Å². The second-order valence-corrected chi connectivity index (χ2v) is 8.00. The van der Waals surface area contributed by atoms with Gasteiger partial charge in [-0.15, -0.1) is 0 Å². The average Bonchev–Trinajstić information content (AvgIpc) is 2.79. The average molecular weight is 410 g/mol. The quantitative estimate of drug-likeness (QED) is 0.515. The maximum absolute atomic E-state index is 12.6. The molecule has 0 heterocycles. The summed E-state index contributed by atoms with van der Waals surface area (Å²) in [5, 5.41) is 3.04. The molecule has 30 heavy (non-hydrogen) atoms. The molecule has 0 saturated carbocycles. The summed E-state index contributed by atoms with van der Waals surface area (Å²) in [6.45, 7) is 5.45. The minimum atomic E-state index is -0.452. The van der Waals surface area contributed by atoms with Crippen LogP contribution in [0.2, 0.25) is 0 Å². The summed E-state index contributed by atoms with van der Waals surface area (Å²) in [4.78, 5) is 12.6. The van der Waals surface area contributed by atoms with Gasteiger partial charge in [-0.3, -0.25) is 4.79 Å². The van der Waals surface area contributed by atoms with Crippen LogP contribution in [0.25, 0.3) is 0 Å². The Morgan fingerprint density at radius 3 is 2.67 bits per heavy atom. The van der Waals surface area contributed by atoms with Crippen LogP contribution in [-0.2, 0) is 24.1 Å². The number of hydrogen-bond acceptors (Lipinski definition) is 3. The maximum atomic E-state index is 12.6. The normalized spacial score (nSPS) is 13.9. The summed E-state index contributed by atoms with van der Waals surface area (Å²) in [5.41, 5.74) is 3.99. The van der Waals surface area contributed by atoms with E-state index >= 15 is 0 Å². The Labute approximate surface area is 181 Å². The third-order valence-electron chi connectivity index (χ3n) is 5.62. The molecule has 0 unspecified atom stereocenters. The van der Waals surface area contributed by atoms with E-state index in [0.29, 0.717) is 13.0 Å². The maximum Gasteiger partial charge on any atom is 0.261 e. The molecule has 162 valence electrons. The molecule has 2 aromatic rings. The van der Waals surface area contributed by atoms with Gasteiger partial charge in [-0.2, -0.15) is 0 Å². The van der Waals surface area contributed by atoms with Crippen LogP contribution in [-0.4, -0.2) is 25.2 Å². The number of para-hydroxylation sites is 1. The summed E-state index contributed by atoms with van der Waals surface area (Å²) in [6, 6.07) is 14.4.